The second-order valence-corrected chi connectivity index (χ2v) is 6.66. The highest BCUT2D eigenvalue weighted by atomic mass is 32.2. The predicted molar refractivity (Wildman–Crippen MR) is 92.5 cm³/mol. The van der Waals surface area contributed by atoms with Crippen LogP contribution >= 0.6 is 0 Å². The molecule has 0 unspecified atom stereocenters. The van der Waals surface area contributed by atoms with Gasteiger partial charge in [0, 0.05) is 18.2 Å². The molecular weight excluding hydrogens is 364 g/mol. The minimum absolute atomic E-state index is 0.124. The number of esters is 1. The molecule has 26 heavy (non-hydrogen) atoms. The molecule has 2 aromatic rings. The van der Waals surface area contributed by atoms with Crippen molar-refractivity contribution in [1.82, 2.24) is 0 Å². The molecule has 2 aromatic carbocycles. The predicted octanol–water partition coefficient (Wildman–Crippen LogP) is 2.34. The summed E-state index contributed by atoms with van der Waals surface area (Å²) < 4.78 is 37.0. The molecule has 0 heterocycles. The maximum absolute atomic E-state index is 12.3. The van der Waals surface area contributed by atoms with E-state index >= 15 is 0 Å². The summed E-state index contributed by atoms with van der Waals surface area (Å²) in [5, 5.41) is 10.6. The van der Waals surface area contributed by atoms with Crippen molar-refractivity contribution in [3.63, 3.8) is 0 Å². The molecule has 9 nitrogen and oxygen atoms in total. The van der Waals surface area contributed by atoms with Gasteiger partial charge in [-0.05, 0) is 31.2 Å². The molecule has 1 N–H and O–H groups in total. The average Bonchev–Trinajstić information content (AvgIpc) is 2.60. The van der Waals surface area contributed by atoms with E-state index in [9.17, 15) is 23.3 Å². The number of hydrogen-bond donors (Lipinski definition) is 1. The summed E-state index contributed by atoms with van der Waals surface area (Å²) in [5.41, 5.74) is 0.00280. The van der Waals surface area contributed by atoms with Crippen molar-refractivity contribution >= 4 is 27.4 Å². The van der Waals surface area contributed by atoms with E-state index in [1.807, 2.05) is 0 Å². The lowest BCUT2D eigenvalue weighted by molar-refractivity contribution is -0.384. The van der Waals surface area contributed by atoms with Gasteiger partial charge in [0.2, 0.25) is 0 Å². The highest BCUT2D eigenvalue weighted by molar-refractivity contribution is 7.92. The topological polar surface area (TPSA) is 125 Å². The fourth-order valence-electron chi connectivity index (χ4n) is 1.96. The third-order valence-electron chi connectivity index (χ3n) is 3.11. The van der Waals surface area contributed by atoms with Crippen molar-refractivity contribution in [2.75, 3.05) is 17.9 Å². The minimum Gasteiger partial charge on any atom is -0.482 e. The molecule has 0 spiro atoms. The van der Waals surface area contributed by atoms with Crippen LogP contribution in [0.15, 0.2) is 53.4 Å². The van der Waals surface area contributed by atoms with E-state index in [-0.39, 0.29) is 35.2 Å². The van der Waals surface area contributed by atoms with Crippen LogP contribution < -0.4 is 9.46 Å². The number of ether oxygens (including phenoxy) is 2. The van der Waals surface area contributed by atoms with Crippen LogP contribution in [0.25, 0.3) is 0 Å². The van der Waals surface area contributed by atoms with E-state index in [2.05, 4.69) is 4.72 Å². The molecule has 0 saturated carbocycles. The first kappa shape index (κ1) is 19.2. The van der Waals surface area contributed by atoms with Crippen molar-refractivity contribution in [3.05, 3.63) is 58.6 Å². The van der Waals surface area contributed by atoms with Crippen LogP contribution in [0, 0.1) is 10.1 Å². The normalized spacial score (nSPS) is 10.8. The number of nitro groups is 1. The summed E-state index contributed by atoms with van der Waals surface area (Å²) in [5.74, 6) is -0.258. The van der Waals surface area contributed by atoms with Crippen molar-refractivity contribution in [3.8, 4) is 5.75 Å². The number of anilines is 1. The van der Waals surface area contributed by atoms with E-state index < -0.39 is 20.9 Å². The van der Waals surface area contributed by atoms with Gasteiger partial charge in [-0.25, -0.2) is 13.2 Å². The summed E-state index contributed by atoms with van der Waals surface area (Å²) in [6.45, 7) is 1.61. The molecular formula is C16H16N2O7S. The first-order valence-electron chi connectivity index (χ1n) is 7.47. The zero-order valence-corrected chi connectivity index (χ0v) is 14.6. The quantitative estimate of drug-likeness (QED) is 0.423. The zero-order chi connectivity index (χ0) is 19.2. The van der Waals surface area contributed by atoms with Gasteiger partial charge in [0.15, 0.2) is 6.61 Å². The molecule has 10 heteroatoms. The van der Waals surface area contributed by atoms with E-state index in [1.54, 1.807) is 19.1 Å². The molecule has 2 rings (SSSR count). The van der Waals surface area contributed by atoms with E-state index in [0.717, 1.165) is 24.3 Å². The molecule has 0 amide bonds. The van der Waals surface area contributed by atoms with Crippen LogP contribution in [0.5, 0.6) is 5.75 Å². The Morgan fingerprint density at radius 3 is 2.50 bits per heavy atom. The number of benzene rings is 2. The van der Waals surface area contributed by atoms with E-state index in [0.29, 0.717) is 0 Å². The zero-order valence-electron chi connectivity index (χ0n) is 13.7. The first-order chi connectivity index (χ1) is 12.3. The van der Waals surface area contributed by atoms with Crippen LogP contribution in [0.1, 0.15) is 6.92 Å². The molecule has 0 aliphatic rings. The van der Waals surface area contributed by atoms with Gasteiger partial charge >= 0.3 is 5.97 Å². The molecule has 0 aromatic heterocycles. The number of carbonyl (C=O) groups is 1. The molecule has 0 aliphatic carbocycles. The fraction of sp³-hybridized carbons (Fsp3) is 0.188. The van der Waals surface area contributed by atoms with Gasteiger partial charge in [-0.2, -0.15) is 0 Å². The standard InChI is InChI=1S/C16H16N2O7S/c1-2-24-16(19)11-25-14-5-3-4-12(10-14)17-26(22,23)15-8-6-13(7-9-15)18(20)21/h3-10,17H,2,11H2,1H3. The lowest BCUT2D eigenvalue weighted by Crippen LogP contribution is -2.15. The van der Waals surface area contributed by atoms with Crippen LogP contribution in [0.2, 0.25) is 0 Å². The number of nitrogens with one attached hydrogen (secondary N) is 1. The number of sulfonamides is 1. The summed E-state index contributed by atoms with van der Waals surface area (Å²) in [6, 6.07) is 10.5. The Kier molecular flexibility index (Phi) is 6.12. The SMILES string of the molecule is CCOC(=O)COc1cccc(NS(=O)(=O)c2ccc([N+](=O)[O-])cc2)c1. The van der Waals surface area contributed by atoms with Gasteiger partial charge in [0.25, 0.3) is 15.7 Å². The minimum atomic E-state index is -3.93. The van der Waals surface area contributed by atoms with E-state index in [4.69, 9.17) is 9.47 Å². The molecule has 0 fully saturated rings. The van der Waals surface area contributed by atoms with Gasteiger partial charge in [-0.3, -0.25) is 14.8 Å². The Hall–Kier alpha value is -3.14. The van der Waals surface area contributed by atoms with Crippen LogP contribution in [-0.2, 0) is 19.6 Å². The smallest absolute Gasteiger partial charge is 0.344 e. The number of nitrogens with zero attached hydrogens (tertiary/aromatic N) is 1. The lowest BCUT2D eigenvalue weighted by Gasteiger charge is -2.10. The molecule has 138 valence electrons. The maximum Gasteiger partial charge on any atom is 0.344 e. The van der Waals surface area contributed by atoms with Gasteiger partial charge in [0.1, 0.15) is 5.75 Å². The third kappa shape index (κ3) is 5.18. The van der Waals surface area contributed by atoms with Crippen molar-refractivity contribution in [2.24, 2.45) is 0 Å². The van der Waals surface area contributed by atoms with Crippen LogP contribution in [-0.4, -0.2) is 32.5 Å². The van der Waals surface area contributed by atoms with Crippen molar-refractivity contribution in [1.29, 1.82) is 0 Å². The highest BCUT2D eigenvalue weighted by Crippen LogP contribution is 2.22. The summed E-state index contributed by atoms with van der Waals surface area (Å²) in [7, 11) is -3.93. The number of carbonyl (C=O) groups excluding carboxylic acids is 1. The van der Waals surface area contributed by atoms with Crippen molar-refractivity contribution < 1.29 is 27.6 Å². The Bertz CT molecular complexity index is 895. The average molecular weight is 380 g/mol. The molecule has 0 aliphatic heterocycles. The van der Waals surface area contributed by atoms with Crippen LogP contribution in [0.4, 0.5) is 11.4 Å². The van der Waals surface area contributed by atoms with Gasteiger partial charge in [-0.1, -0.05) is 6.07 Å². The highest BCUT2D eigenvalue weighted by Gasteiger charge is 2.16. The van der Waals surface area contributed by atoms with E-state index in [1.165, 1.54) is 12.1 Å². The number of nitro benzene ring substituents is 1. The molecule has 0 saturated heterocycles. The van der Waals surface area contributed by atoms with Gasteiger partial charge < -0.3 is 9.47 Å². The summed E-state index contributed by atoms with van der Waals surface area (Å²) >= 11 is 0. The van der Waals surface area contributed by atoms with Crippen LogP contribution in [0.3, 0.4) is 0 Å². The monoisotopic (exact) mass is 380 g/mol. The summed E-state index contributed by atoms with van der Waals surface area (Å²) in [6.07, 6.45) is 0. The molecule has 0 radical (unpaired) electrons. The largest absolute Gasteiger partial charge is 0.482 e. The Morgan fingerprint density at radius 2 is 1.88 bits per heavy atom. The number of rotatable bonds is 8. The fourth-order valence-corrected chi connectivity index (χ4v) is 3.00. The third-order valence-corrected chi connectivity index (χ3v) is 4.50. The Balaban J connectivity index is 2.10. The lowest BCUT2D eigenvalue weighted by atomic mass is 10.3. The van der Waals surface area contributed by atoms with Gasteiger partial charge in [-0.15, -0.1) is 0 Å². The maximum atomic E-state index is 12.3. The van der Waals surface area contributed by atoms with Crippen molar-refractivity contribution in [2.45, 2.75) is 11.8 Å². The number of hydrogen-bond acceptors (Lipinski definition) is 7. The molecule has 0 atom stereocenters. The summed E-state index contributed by atoms with van der Waals surface area (Å²) in [4.78, 5) is 21.2. The first-order valence-corrected chi connectivity index (χ1v) is 8.96. The number of non-ortho nitro benzene ring substituents is 1. The second-order valence-electron chi connectivity index (χ2n) is 4.98. The van der Waals surface area contributed by atoms with Gasteiger partial charge in [0.05, 0.1) is 22.1 Å². The molecule has 0 bridgehead atoms. The second kappa shape index (κ2) is 8.30. The Morgan fingerprint density at radius 1 is 1.19 bits per heavy atom. The Labute approximate surface area is 149 Å².